The molecule has 2 fully saturated rings. The summed E-state index contributed by atoms with van der Waals surface area (Å²) < 4.78 is 28.0. The van der Waals surface area contributed by atoms with Gasteiger partial charge in [0.1, 0.15) is 0 Å². The lowest BCUT2D eigenvalue weighted by molar-refractivity contribution is 0.390. The van der Waals surface area contributed by atoms with Crippen molar-refractivity contribution < 1.29 is 8.42 Å². The second-order valence-electron chi connectivity index (χ2n) is 6.02. The summed E-state index contributed by atoms with van der Waals surface area (Å²) >= 11 is 5.94. The maximum Gasteiger partial charge on any atom is 0.241 e. The summed E-state index contributed by atoms with van der Waals surface area (Å²) in [7, 11) is -3.56. The number of fused-ring (bicyclic) bond motifs is 2. The number of sulfonamides is 1. The van der Waals surface area contributed by atoms with E-state index in [0.29, 0.717) is 28.1 Å². The lowest BCUT2D eigenvalue weighted by Crippen LogP contribution is -2.38. The Balaban J connectivity index is 1.89. The van der Waals surface area contributed by atoms with Gasteiger partial charge in [0.15, 0.2) is 0 Å². The van der Waals surface area contributed by atoms with E-state index in [9.17, 15) is 8.42 Å². The first-order chi connectivity index (χ1) is 9.37. The molecule has 0 heterocycles. The highest BCUT2D eigenvalue weighted by Crippen LogP contribution is 2.45. The fourth-order valence-electron chi connectivity index (χ4n) is 3.61. The SMILES string of the molecule is Cc1c(N)cc(Cl)cc1S(=O)(=O)NC1CC2CCC1C2. The summed E-state index contributed by atoms with van der Waals surface area (Å²) in [6.07, 6.45) is 4.49. The normalized spacial score (nSPS) is 29.0. The van der Waals surface area contributed by atoms with Crippen LogP contribution in [-0.2, 0) is 10.0 Å². The molecule has 0 aromatic heterocycles. The molecular weight excluding hydrogens is 296 g/mol. The Kier molecular flexibility index (Phi) is 3.47. The highest BCUT2D eigenvalue weighted by Gasteiger charge is 2.41. The van der Waals surface area contributed by atoms with Crippen molar-refractivity contribution in [3.8, 4) is 0 Å². The number of hydrogen-bond donors (Lipinski definition) is 2. The van der Waals surface area contributed by atoms with E-state index >= 15 is 0 Å². The van der Waals surface area contributed by atoms with Crippen LogP contribution in [0.4, 0.5) is 5.69 Å². The van der Waals surface area contributed by atoms with Gasteiger partial charge in [-0.3, -0.25) is 0 Å². The predicted octanol–water partition coefficient (Wildman–Crippen LogP) is 2.70. The number of nitrogens with one attached hydrogen (secondary N) is 1. The number of benzene rings is 1. The van der Waals surface area contributed by atoms with Crippen LogP contribution in [0.5, 0.6) is 0 Å². The van der Waals surface area contributed by atoms with Gasteiger partial charge >= 0.3 is 0 Å². The first-order valence-electron chi connectivity index (χ1n) is 6.95. The van der Waals surface area contributed by atoms with E-state index < -0.39 is 10.0 Å². The first kappa shape index (κ1) is 14.2. The Morgan fingerprint density at radius 2 is 2.05 bits per heavy atom. The van der Waals surface area contributed by atoms with E-state index in [1.807, 2.05) is 0 Å². The number of rotatable bonds is 3. The Bertz CT molecular complexity index is 645. The zero-order valence-corrected chi connectivity index (χ0v) is 13.0. The monoisotopic (exact) mass is 314 g/mol. The summed E-state index contributed by atoms with van der Waals surface area (Å²) in [6.45, 7) is 1.71. The minimum absolute atomic E-state index is 0.0679. The molecule has 110 valence electrons. The van der Waals surface area contributed by atoms with Crippen molar-refractivity contribution >= 4 is 27.3 Å². The molecule has 4 nitrogen and oxygen atoms in total. The van der Waals surface area contributed by atoms with E-state index in [2.05, 4.69) is 4.72 Å². The van der Waals surface area contributed by atoms with Crippen LogP contribution in [0.3, 0.4) is 0 Å². The van der Waals surface area contributed by atoms with Crippen molar-refractivity contribution in [3.63, 3.8) is 0 Å². The highest BCUT2D eigenvalue weighted by molar-refractivity contribution is 7.89. The number of nitrogens with two attached hydrogens (primary N) is 1. The van der Waals surface area contributed by atoms with Gasteiger partial charge in [0.25, 0.3) is 0 Å². The van der Waals surface area contributed by atoms with Gasteiger partial charge in [-0.25, -0.2) is 13.1 Å². The summed E-state index contributed by atoms with van der Waals surface area (Å²) in [5, 5.41) is 0.349. The first-order valence-corrected chi connectivity index (χ1v) is 8.81. The highest BCUT2D eigenvalue weighted by atomic mass is 35.5. The third-order valence-electron chi connectivity index (χ3n) is 4.70. The molecule has 3 atom stereocenters. The van der Waals surface area contributed by atoms with Crippen molar-refractivity contribution in [1.82, 2.24) is 4.72 Å². The molecule has 2 aliphatic carbocycles. The van der Waals surface area contributed by atoms with Crippen LogP contribution >= 0.6 is 11.6 Å². The third kappa shape index (κ3) is 2.43. The molecule has 3 rings (SSSR count). The van der Waals surface area contributed by atoms with Crippen molar-refractivity contribution in [2.75, 3.05) is 5.73 Å². The summed E-state index contributed by atoms with van der Waals surface area (Å²) in [5.41, 5.74) is 6.78. The topological polar surface area (TPSA) is 72.2 Å². The molecule has 20 heavy (non-hydrogen) atoms. The van der Waals surface area contributed by atoms with Gasteiger partial charge < -0.3 is 5.73 Å². The number of hydrogen-bond acceptors (Lipinski definition) is 3. The van der Waals surface area contributed by atoms with Crippen LogP contribution in [0.1, 0.15) is 31.2 Å². The van der Waals surface area contributed by atoms with E-state index in [4.69, 9.17) is 17.3 Å². The van der Waals surface area contributed by atoms with Crippen LogP contribution in [0.15, 0.2) is 17.0 Å². The van der Waals surface area contributed by atoms with E-state index in [1.54, 1.807) is 13.0 Å². The molecule has 3 N–H and O–H groups in total. The van der Waals surface area contributed by atoms with E-state index in [0.717, 1.165) is 19.3 Å². The lowest BCUT2D eigenvalue weighted by Gasteiger charge is -2.23. The van der Waals surface area contributed by atoms with E-state index in [1.165, 1.54) is 12.5 Å². The molecular formula is C14H19ClN2O2S. The minimum Gasteiger partial charge on any atom is -0.398 e. The van der Waals surface area contributed by atoms with Gasteiger partial charge in [-0.05, 0) is 55.7 Å². The summed E-state index contributed by atoms with van der Waals surface area (Å²) in [4.78, 5) is 0.199. The number of halogens is 1. The molecule has 3 unspecified atom stereocenters. The van der Waals surface area contributed by atoms with Gasteiger partial charge in [-0.2, -0.15) is 0 Å². The Labute approximate surface area is 124 Å². The Morgan fingerprint density at radius 3 is 2.65 bits per heavy atom. The van der Waals surface area contributed by atoms with Crippen LogP contribution < -0.4 is 10.5 Å². The van der Waals surface area contributed by atoms with Crippen molar-refractivity contribution in [2.45, 2.75) is 43.5 Å². The Morgan fingerprint density at radius 1 is 1.30 bits per heavy atom. The number of anilines is 1. The van der Waals surface area contributed by atoms with Crippen LogP contribution in [0.2, 0.25) is 5.02 Å². The maximum atomic E-state index is 12.6. The zero-order valence-electron chi connectivity index (χ0n) is 11.4. The standard InChI is InChI=1S/C14H19ClN2O2S/c1-8-12(16)6-11(15)7-14(8)20(18,19)17-13-5-9-2-3-10(13)4-9/h6-7,9-10,13,17H,2-5,16H2,1H3. The molecule has 0 aliphatic heterocycles. The van der Waals surface area contributed by atoms with Gasteiger partial charge in [-0.15, -0.1) is 0 Å². The van der Waals surface area contributed by atoms with Crippen molar-refractivity contribution in [1.29, 1.82) is 0 Å². The molecule has 2 saturated carbocycles. The molecule has 0 radical (unpaired) electrons. The van der Waals surface area contributed by atoms with Crippen molar-refractivity contribution in [3.05, 3.63) is 22.7 Å². The fourth-order valence-corrected chi connectivity index (χ4v) is 5.51. The molecule has 2 aliphatic rings. The van der Waals surface area contributed by atoms with Gasteiger partial charge in [0.2, 0.25) is 10.0 Å². The lowest BCUT2D eigenvalue weighted by atomic mass is 9.96. The molecule has 0 saturated heterocycles. The average molecular weight is 315 g/mol. The Hall–Kier alpha value is -0.780. The van der Waals surface area contributed by atoms with Crippen molar-refractivity contribution in [2.24, 2.45) is 11.8 Å². The molecule has 1 aromatic rings. The predicted molar refractivity (Wildman–Crippen MR) is 80.2 cm³/mol. The molecule has 1 aromatic carbocycles. The van der Waals surface area contributed by atoms with Crippen LogP contribution in [0.25, 0.3) is 0 Å². The minimum atomic E-state index is -3.56. The second kappa shape index (κ2) is 4.90. The molecule has 0 spiro atoms. The van der Waals surface area contributed by atoms with Crippen LogP contribution in [-0.4, -0.2) is 14.5 Å². The fraction of sp³-hybridized carbons (Fsp3) is 0.571. The second-order valence-corrected chi connectivity index (χ2v) is 8.14. The smallest absolute Gasteiger partial charge is 0.241 e. The largest absolute Gasteiger partial charge is 0.398 e. The molecule has 6 heteroatoms. The quantitative estimate of drug-likeness (QED) is 0.843. The molecule has 0 amide bonds. The molecule has 2 bridgehead atoms. The maximum absolute atomic E-state index is 12.6. The van der Waals surface area contributed by atoms with Crippen LogP contribution in [0, 0.1) is 18.8 Å². The summed E-state index contributed by atoms with van der Waals surface area (Å²) in [5.74, 6) is 1.19. The van der Waals surface area contributed by atoms with Gasteiger partial charge in [-0.1, -0.05) is 18.0 Å². The number of nitrogen functional groups attached to an aromatic ring is 1. The van der Waals surface area contributed by atoms with Gasteiger partial charge in [0, 0.05) is 16.8 Å². The average Bonchev–Trinajstić information content (AvgIpc) is 2.95. The zero-order chi connectivity index (χ0) is 14.5. The van der Waals surface area contributed by atoms with Gasteiger partial charge in [0.05, 0.1) is 4.90 Å². The van der Waals surface area contributed by atoms with E-state index in [-0.39, 0.29) is 10.9 Å². The third-order valence-corrected chi connectivity index (χ3v) is 6.53. The summed E-state index contributed by atoms with van der Waals surface area (Å²) in [6, 6.07) is 3.12.